The molecule has 0 aliphatic carbocycles. The van der Waals surface area contributed by atoms with Crippen LogP contribution in [0.15, 0.2) is 23.1 Å². The quantitative estimate of drug-likeness (QED) is 0.351. The lowest BCUT2D eigenvalue weighted by molar-refractivity contribution is -0.387. The lowest BCUT2D eigenvalue weighted by atomic mass is 10.1. The van der Waals surface area contributed by atoms with Gasteiger partial charge in [0, 0.05) is 11.9 Å². The molecule has 0 atom stereocenters. The van der Waals surface area contributed by atoms with Crippen molar-refractivity contribution in [2.45, 2.75) is 23.2 Å². The molecule has 8 heteroatoms. The Morgan fingerprint density at radius 2 is 2.06 bits per heavy atom. The number of benzene rings is 1. The highest BCUT2D eigenvalue weighted by Crippen LogP contribution is 2.41. The summed E-state index contributed by atoms with van der Waals surface area (Å²) in [6.45, 7) is 0. The maximum Gasteiger partial charge on any atom is 0.446 e. The molecular formula is C10H9ClF3NO2S. The Balaban J connectivity index is 3.01. The minimum atomic E-state index is -4.54. The van der Waals surface area contributed by atoms with Gasteiger partial charge in [-0.05, 0) is 36.2 Å². The third kappa shape index (κ3) is 4.73. The fourth-order valence-corrected chi connectivity index (χ4v) is 2.10. The van der Waals surface area contributed by atoms with Crippen LogP contribution >= 0.6 is 23.4 Å². The summed E-state index contributed by atoms with van der Waals surface area (Å²) in [6.07, 6.45) is 1.12. The van der Waals surface area contributed by atoms with Crippen molar-refractivity contribution < 1.29 is 18.1 Å². The summed E-state index contributed by atoms with van der Waals surface area (Å²) in [7, 11) is 0. The predicted octanol–water partition coefficient (Wildman–Crippen LogP) is 4.38. The van der Waals surface area contributed by atoms with E-state index in [1.54, 1.807) is 0 Å². The first-order valence-corrected chi connectivity index (χ1v) is 6.27. The molecule has 0 radical (unpaired) electrons. The molecule has 100 valence electrons. The normalized spacial score (nSPS) is 11.6. The molecule has 0 amide bonds. The van der Waals surface area contributed by atoms with Crippen LogP contribution in [0.1, 0.15) is 12.0 Å². The van der Waals surface area contributed by atoms with Crippen LogP contribution in [0.25, 0.3) is 0 Å². The van der Waals surface area contributed by atoms with E-state index in [0.29, 0.717) is 24.3 Å². The first kappa shape index (κ1) is 15.1. The molecule has 18 heavy (non-hydrogen) atoms. The van der Waals surface area contributed by atoms with Crippen LogP contribution in [0.2, 0.25) is 0 Å². The highest BCUT2D eigenvalue weighted by molar-refractivity contribution is 8.00. The van der Waals surface area contributed by atoms with E-state index in [2.05, 4.69) is 0 Å². The van der Waals surface area contributed by atoms with E-state index in [1.807, 2.05) is 0 Å². The molecule has 1 aromatic rings. The van der Waals surface area contributed by atoms with Crippen LogP contribution in [0, 0.1) is 10.1 Å². The number of rotatable bonds is 5. The number of thioether (sulfide) groups is 1. The number of hydrogen-bond acceptors (Lipinski definition) is 3. The van der Waals surface area contributed by atoms with Gasteiger partial charge in [-0.15, -0.1) is 11.6 Å². The van der Waals surface area contributed by atoms with Crippen molar-refractivity contribution in [3.8, 4) is 0 Å². The van der Waals surface area contributed by atoms with Crippen LogP contribution in [0.3, 0.4) is 0 Å². The molecule has 0 fully saturated rings. The van der Waals surface area contributed by atoms with E-state index in [-0.39, 0.29) is 0 Å². The number of alkyl halides is 4. The number of nitro benzene ring substituents is 1. The van der Waals surface area contributed by atoms with E-state index in [4.69, 9.17) is 11.6 Å². The summed E-state index contributed by atoms with van der Waals surface area (Å²) in [5.74, 6) is 0.396. The second-order valence-electron chi connectivity index (χ2n) is 3.40. The molecule has 3 nitrogen and oxygen atoms in total. The molecule has 0 bridgehead atoms. The minimum Gasteiger partial charge on any atom is -0.258 e. The van der Waals surface area contributed by atoms with Crippen molar-refractivity contribution >= 4 is 29.1 Å². The van der Waals surface area contributed by atoms with Gasteiger partial charge in [-0.2, -0.15) is 13.2 Å². The number of nitrogens with zero attached hydrogens (tertiary/aromatic N) is 1. The van der Waals surface area contributed by atoms with Crippen molar-refractivity contribution in [1.82, 2.24) is 0 Å². The Morgan fingerprint density at radius 3 is 2.56 bits per heavy atom. The molecule has 1 rings (SSSR count). The second-order valence-corrected chi connectivity index (χ2v) is 4.88. The third-order valence-electron chi connectivity index (χ3n) is 2.04. The predicted molar refractivity (Wildman–Crippen MR) is 64.0 cm³/mol. The van der Waals surface area contributed by atoms with Gasteiger partial charge in [-0.25, -0.2) is 0 Å². The van der Waals surface area contributed by atoms with Gasteiger partial charge in [0.1, 0.15) is 0 Å². The van der Waals surface area contributed by atoms with Crippen molar-refractivity contribution in [3.05, 3.63) is 33.9 Å². The fraction of sp³-hybridized carbons (Fsp3) is 0.400. The molecule has 0 saturated heterocycles. The summed E-state index contributed by atoms with van der Waals surface area (Å²) in [5, 5.41) is 10.7. The lowest BCUT2D eigenvalue weighted by Gasteiger charge is -2.07. The van der Waals surface area contributed by atoms with Gasteiger partial charge in [0.05, 0.1) is 9.82 Å². The highest BCUT2D eigenvalue weighted by atomic mass is 35.5. The minimum absolute atomic E-state index is 0.396. The van der Waals surface area contributed by atoms with Gasteiger partial charge in [-0.3, -0.25) is 10.1 Å². The molecule has 0 unspecified atom stereocenters. The lowest BCUT2D eigenvalue weighted by Crippen LogP contribution is -2.02. The summed E-state index contributed by atoms with van der Waals surface area (Å²) in [6, 6.07) is 3.74. The summed E-state index contributed by atoms with van der Waals surface area (Å²) < 4.78 is 36.6. The Labute approximate surface area is 110 Å². The standard InChI is InChI=1S/C10H9ClF3NO2S/c11-5-1-2-7-3-4-9(18-10(12,13)14)8(6-7)15(16)17/h3-4,6H,1-2,5H2. The SMILES string of the molecule is O=[N+]([O-])c1cc(CCCCl)ccc1SC(F)(F)F. The smallest absolute Gasteiger partial charge is 0.258 e. The van der Waals surface area contributed by atoms with Gasteiger partial charge in [-0.1, -0.05) is 6.07 Å². The van der Waals surface area contributed by atoms with Crippen molar-refractivity contribution in [2.75, 3.05) is 5.88 Å². The molecule has 0 aromatic heterocycles. The van der Waals surface area contributed by atoms with Crippen LogP contribution in [0.5, 0.6) is 0 Å². The van der Waals surface area contributed by atoms with Crippen molar-refractivity contribution in [2.24, 2.45) is 0 Å². The Bertz CT molecular complexity index is 440. The highest BCUT2D eigenvalue weighted by Gasteiger charge is 2.32. The second kappa shape index (κ2) is 6.29. The monoisotopic (exact) mass is 299 g/mol. The first-order valence-electron chi connectivity index (χ1n) is 4.92. The summed E-state index contributed by atoms with van der Waals surface area (Å²) in [5.41, 5.74) is -4.46. The molecule has 1 aromatic carbocycles. The maximum absolute atomic E-state index is 12.2. The topological polar surface area (TPSA) is 43.1 Å². The largest absolute Gasteiger partial charge is 0.446 e. The van der Waals surface area contributed by atoms with E-state index >= 15 is 0 Å². The number of nitro groups is 1. The van der Waals surface area contributed by atoms with Gasteiger partial charge in [0.15, 0.2) is 0 Å². The van der Waals surface area contributed by atoms with Gasteiger partial charge in [0.2, 0.25) is 0 Å². The average molecular weight is 300 g/mol. The van der Waals surface area contributed by atoms with Gasteiger partial charge >= 0.3 is 5.51 Å². The molecule has 0 aliphatic heterocycles. The van der Waals surface area contributed by atoms with Crippen LogP contribution in [-0.2, 0) is 6.42 Å². The number of halogens is 4. The molecule has 0 heterocycles. The number of hydrogen-bond donors (Lipinski definition) is 0. The fourth-order valence-electron chi connectivity index (χ4n) is 1.34. The average Bonchev–Trinajstić information content (AvgIpc) is 2.25. The van der Waals surface area contributed by atoms with Crippen LogP contribution in [0.4, 0.5) is 18.9 Å². The zero-order valence-corrected chi connectivity index (χ0v) is 10.6. The molecule has 0 spiro atoms. The maximum atomic E-state index is 12.2. The molecule has 0 N–H and O–H groups in total. The van der Waals surface area contributed by atoms with E-state index in [1.165, 1.54) is 12.1 Å². The van der Waals surface area contributed by atoms with Crippen LogP contribution < -0.4 is 0 Å². The third-order valence-corrected chi connectivity index (χ3v) is 3.11. The molecule has 0 aliphatic rings. The van der Waals surface area contributed by atoms with E-state index in [0.717, 1.165) is 6.07 Å². The summed E-state index contributed by atoms with van der Waals surface area (Å²) >= 11 is 5.01. The van der Waals surface area contributed by atoms with E-state index in [9.17, 15) is 23.3 Å². The molecule has 0 saturated carbocycles. The van der Waals surface area contributed by atoms with Crippen molar-refractivity contribution in [3.63, 3.8) is 0 Å². The van der Waals surface area contributed by atoms with E-state index < -0.39 is 32.8 Å². The zero-order chi connectivity index (χ0) is 13.8. The Morgan fingerprint density at radius 1 is 1.39 bits per heavy atom. The number of aryl methyl sites for hydroxylation is 1. The Kier molecular flexibility index (Phi) is 5.28. The van der Waals surface area contributed by atoms with Crippen molar-refractivity contribution in [1.29, 1.82) is 0 Å². The summed E-state index contributed by atoms with van der Waals surface area (Å²) in [4.78, 5) is 9.52. The Hall–Kier alpha value is -0.950. The van der Waals surface area contributed by atoms with Gasteiger partial charge < -0.3 is 0 Å². The first-order chi connectivity index (χ1) is 8.33. The van der Waals surface area contributed by atoms with Gasteiger partial charge in [0.25, 0.3) is 5.69 Å². The van der Waals surface area contributed by atoms with Crippen LogP contribution in [-0.4, -0.2) is 16.3 Å². The molecular weight excluding hydrogens is 291 g/mol. The zero-order valence-electron chi connectivity index (χ0n) is 9.04.